The summed E-state index contributed by atoms with van der Waals surface area (Å²) in [5.41, 5.74) is 6.60. The monoisotopic (exact) mass is 290 g/mol. The molecule has 3 nitrogen and oxygen atoms in total. The second kappa shape index (κ2) is 3.83. The maximum Gasteiger partial charge on any atom is 0.229 e. The number of rotatable bonds is 1. The zero-order valence-corrected chi connectivity index (χ0v) is 9.64. The van der Waals surface area contributed by atoms with Crippen LogP contribution in [0.5, 0.6) is 0 Å². The molecule has 0 radical (unpaired) electrons. The third kappa shape index (κ3) is 1.85. The van der Waals surface area contributed by atoms with Crippen LogP contribution in [0.2, 0.25) is 5.02 Å². The summed E-state index contributed by atoms with van der Waals surface area (Å²) in [6, 6.07) is 2.92. The van der Waals surface area contributed by atoms with Gasteiger partial charge in [0.2, 0.25) is 5.88 Å². The number of nitrogens with zero attached hydrogens (tertiary/aromatic N) is 1. The molecule has 1 aromatic heterocycles. The Hall–Kier alpha value is -1.07. The quantitative estimate of drug-likeness (QED) is 0.818. The molecular weight excluding hydrogens is 286 g/mol. The van der Waals surface area contributed by atoms with Gasteiger partial charge < -0.3 is 10.3 Å². The van der Waals surface area contributed by atoms with Gasteiger partial charge in [0, 0.05) is 4.47 Å². The lowest BCUT2D eigenvalue weighted by atomic mass is 10.1. The molecule has 0 amide bonds. The third-order valence-electron chi connectivity index (χ3n) is 1.89. The zero-order chi connectivity index (χ0) is 11.0. The van der Waals surface area contributed by atoms with E-state index in [0.29, 0.717) is 15.6 Å². The van der Waals surface area contributed by atoms with Crippen LogP contribution in [0.25, 0.3) is 11.1 Å². The molecule has 1 aromatic carbocycles. The Bertz CT molecular complexity index is 492. The minimum absolute atomic E-state index is 0.0359. The summed E-state index contributed by atoms with van der Waals surface area (Å²) in [4.78, 5) is 0. The van der Waals surface area contributed by atoms with Gasteiger partial charge in [0.15, 0.2) is 0 Å². The van der Waals surface area contributed by atoms with Gasteiger partial charge in [-0.3, -0.25) is 0 Å². The predicted octanol–water partition coefficient (Wildman–Crippen LogP) is 3.48. The molecule has 0 saturated heterocycles. The summed E-state index contributed by atoms with van der Waals surface area (Å²) in [5.74, 6) is -0.384. The molecule has 2 aromatic rings. The average molecular weight is 292 g/mol. The molecule has 0 unspecified atom stereocenters. The Morgan fingerprint density at radius 1 is 1.47 bits per heavy atom. The first-order chi connectivity index (χ1) is 7.09. The summed E-state index contributed by atoms with van der Waals surface area (Å²) < 4.78 is 18.5. The van der Waals surface area contributed by atoms with Gasteiger partial charge in [0.1, 0.15) is 5.82 Å². The van der Waals surface area contributed by atoms with Crippen molar-refractivity contribution in [2.45, 2.75) is 0 Å². The van der Waals surface area contributed by atoms with E-state index in [1.165, 1.54) is 12.3 Å². The Morgan fingerprint density at radius 3 is 2.73 bits per heavy atom. The molecule has 0 spiro atoms. The fourth-order valence-corrected chi connectivity index (χ4v) is 1.72. The number of halogens is 3. The molecular formula is C9H5BrClFN2O. The summed E-state index contributed by atoms with van der Waals surface area (Å²) in [6.45, 7) is 0. The van der Waals surface area contributed by atoms with Gasteiger partial charge in [-0.25, -0.2) is 4.39 Å². The van der Waals surface area contributed by atoms with Crippen LogP contribution >= 0.6 is 27.5 Å². The predicted molar refractivity (Wildman–Crippen MR) is 59.0 cm³/mol. The van der Waals surface area contributed by atoms with E-state index in [2.05, 4.69) is 25.6 Å². The highest BCUT2D eigenvalue weighted by molar-refractivity contribution is 9.10. The highest BCUT2D eigenvalue weighted by Crippen LogP contribution is 2.33. The Morgan fingerprint density at radius 2 is 2.20 bits per heavy atom. The van der Waals surface area contributed by atoms with Crippen molar-refractivity contribution in [3.8, 4) is 11.1 Å². The molecule has 78 valence electrons. The van der Waals surface area contributed by atoms with Gasteiger partial charge in [-0.2, -0.15) is 0 Å². The van der Waals surface area contributed by atoms with Gasteiger partial charge in [-0.15, -0.1) is 0 Å². The Labute approximate surface area is 98.1 Å². The number of nitrogen functional groups attached to an aromatic ring is 1. The van der Waals surface area contributed by atoms with Crippen LogP contribution in [0.3, 0.4) is 0 Å². The third-order valence-corrected chi connectivity index (χ3v) is 3.13. The molecule has 2 N–H and O–H groups in total. The molecule has 0 atom stereocenters. The van der Waals surface area contributed by atoms with Gasteiger partial charge in [-0.05, 0) is 33.6 Å². The Kier molecular flexibility index (Phi) is 2.67. The normalized spacial score (nSPS) is 10.6. The fourth-order valence-electron chi connectivity index (χ4n) is 1.18. The van der Waals surface area contributed by atoms with Crippen molar-refractivity contribution in [3.05, 3.63) is 33.6 Å². The van der Waals surface area contributed by atoms with Crippen molar-refractivity contribution >= 4 is 33.4 Å². The van der Waals surface area contributed by atoms with Crippen molar-refractivity contribution in [1.29, 1.82) is 0 Å². The Balaban J connectivity index is 2.60. The van der Waals surface area contributed by atoms with E-state index in [4.69, 9.17) is 17.3 Å². The standard InChI is InChI=1S/C9H5BrClFN2O/c10-6-1-4(2-7(12)8(6)11)5-3-14-15-9(5)13/h1-3H,13H2. The van der Waals surface area contributed by atoms with Crippen LogP contribution in [-0.4, -0.2) is 5.16 Å². The van der Waals surface area contributed by atoms with E-state index in [9.17, 15) is 4.39 Å². The highest BCUT2D eigenvalue weighted by Gasteiger charge is 2.12. The number of hydrogen-bond acceptors (Lipinski definition) is 3. The molecule has 0 bridgehead atoms. The van der Waals surface area contributed by atoms with Crippen LogP contribution < -0.4 is 5.73 Å². The van der Waals surface area contributed by atoms with Crippen molar-refractivity contribution in [1.82, 2.24) is 5.16 Å². The molecule has 15 heavy (non-hydrogen) atoms. The van der Waals surface area contributed by atoms with Gasteiger partial charge in [0.25, 0.3) is 0 Å². The van der Waals surface area contributed by atoms with Crippen molar-refractivity contribution < 1.29 is 8.91 Å². The second-order valence-electron chi connectivity index (χ2n) is 2.86. The number of hydrogen-bond donors (Lipinski definition) is 1. The maximum atomic E-state index is 13.3. The first kappa shape index (κ1) is 10.4. The molecule has 0 saturated carbocycles. The lowest BCUT2D eigenvalue weighted by Gasteiger charge is -2.02. The second-order valence-corrected chi connectivity index (χ2v) is 4.09. The molecule has 0 aliphatic carbocycles. The van der Waals surface area contributed by atoms with Crippen LogP contribution in [0, 0.1) is 5.82 Å². The molecule has 6 heteroatoms. The average Bonchev–Trinajstić information content (AvgIpc) is 2.60. The van der Waals surface area contributed by atoms with E-state index in [1.807, 2.05) is 0 Å². The van der Waals surface area contributed by atoms with Gasteiger partial charge in [-0.1, -0.05) is 16.8 Å². The molecule has 2 rings (SSSR count). The summed E-state index contributed by atoms with van der Waals surface area (Å²) >= 11 is 8.80. The minimum Gasteiger partial charge on any atom is -0.367 e. The number of anilines is 1. The summed E-state index contributed by atoms with van der Waals surface area (Å²) in [6.07, 6.45) is 1.42. The highest BCUT2D eigenvalue weighted by atomic mass is 79.9. The van der Waals surface area contributed by atoms with Gasteiger partial charge in [0.05, 0.1) is 16.8 Å². The van der Waals surface area contributed by atoms with E-state index in [-0.39, 0.29) is 10.9 Å². The lowest BCUT2D eigenvalue weighted by molar-refractivity contribution is 0.436. The maximum absolute atomic E-state index is 13.3. The van der Waals surface area contributed by atoms with Crippen LogP contribution in [-0.2, 0) is 0 Å². The van der Waals surface area contributed by atoms with Crippen LogP contribution in [0.4, 0.5) is 10.3 Å². The molecule has 0 aliphatic heterocycles. The lowest BCUT2D eigenvalue weighted by Crippen LogP contribution is -1.87. The summed E-state index contributed by atoms with van der Waals surface area (Å²) in [7, 11) is 0. The van der Waals surface area contributed by atoms with Crippen molar-refractivity contribution in [3.63, 3.8) is 0 Å². The van der Waals surface area contributed by atoms with Gasteiger partial charge >= 0.3 is 0 Å². The van der Waals surface area contributed by atoms with E-state index < -0.39 is 5.82 Å². The molecule has 0 aliphatic rings. The van der Waals surface area contributed by atoms with E-state index >= 15 is 0 Å². The first-order valence-corrected chi connectivity index (χ1v) is 5.11. The molecule has 1 heterocycles. The SMILES string of the molecule is Nc1oncc1-c1cc(F)c(Cl)c(Br)c1. The topological polar surface area (TPSA) is 52.0 Å². The van der Waals surface area contributed by atoms with Crippen LogP contribution in [0.1, 0.15) is 0 Å². The zero-order valence-electron chi connectivity index (χ0n) is 7.30. The van der Waals surface area contributed by atoms with Crippen molar-refractivity contribution in [2.75, 3.05) is 5.73 Å². The number of benzene rings is 1. The molecule has 0 fully saturated rings. The fraction of sp³-hybridized carbons (Fsp3) is 0. The summed E-state index contributed by atoms with van der Waals surface area (Å²) in [5, 5.41) is 3.55. The van der Waals surface area contributed by atoms with Crippen LogP contribution in [0.15, 0.2) is 27.3 Å². The van der Waals surface area contributed by atoms with E-state index in [1.54, 1.807) is 6.07 Å². The largest absolute Gasteiger partial charge is 0.367 e. The smallest absolute Gasteiger partial charge is 0.229 e. The van der Waals surface area contributed by atoms with Crippen molar-refractivity contribution in [2.24, 2.45) is 0 Å². The minimum atomic E-state index is -0.526. The first-order valence-electron chi connectivity index (χ1n) is 3.94. The van der Waals surface area contributed by atoms with E-state index in [0.717, 1.165) is 0 Å². The number of aromatic nitrogens is 1. The number of nitrogens with two attached hydrogens (primary N) is 1.